The first-order valence-electron chi connectivity index (χ1n) is 5.28. The Kier molecular flexibility index (Phi) is 10.2. The molecule has 0 bridgehead atoms. The Morgan fingerprint density at radius 2 is 2.07 bits per heavy atom. The quantitative estimate of drug-likeness (QED) is 0.268. The summed E-state index contributed by atoms with van der Waals surface area (Å²) in [6.45, 7) is 3.60. The zero-order chi connectivity index (χ0) is 11.4. The monoisotopic (exact) mass is 212 g/mol. The summed E-state index contributed by atoms with van der Waals surface area (Å²) in [6.07, 6.45) is 10.1. The predicted octanol–water partition coefficient (Wildman–Crippen LogP) is 2.48. The molecule has 0 rings (SSSR count). The normalized spacial score (nSPS) is 11.3. The zero-order valence-corrected chi connectivity index (χ0v) is 9.57. The first kappa shape index (κ1) is 13.9. The van der Waals surface area contributed by atoms with Crippen molar-refractivity contribution in [2.75, 3.05) is 20.3 Å². The Morgan fingerprint density at radius 1 is 1.27 bits per heavy atom. The third-order valence-electron chi connectivity index (χ3n) is 1.75. The Hall–Kier alpha value is -1.09. The zero-order valence-electron chi connectivity index (χ0n) is 9.57. The van der Waals surface area contributed by atoms with Crippen LogP contribution < -0.4 is 0 Å². The minimum Gasteiger partial charge on any atom is -0.466 e. The van der Waals surface area contributed by atoms with Gasteiger partial charge in [-0.25, -0.2) is 4.79 Å². The number of carbonyl (C=O) groups excluding carboxylic acids is 1. The summed E-state index contributed by atoms with van der Waals surface area (Å²) in [5.74, 6) is -0.317. The molecule has 0 spiro atoms. The van der Waals surface area contributed by atoms with Gasteiger partial charge in [0.25, 0.3) is 0 Å². The van der Waals surface area contributed by atoms with E-state index in [1.807, 2.05) is 12.2 Å². The largest absolute Gasteiger partial charge is 0.466 e. The second-order valence-electron chi connectivity index (χ2n) is 3.06. The number of unbranched alkanes of at least 4 members (excludes halogenated alkanes) is 1. The van der Waals surface area contributed by atoms with Crippen LogP contribution in [-0.4, -0.2) is 26.3 Å². The number of ether oxygens (including phenoxy) is 2. The SMILES string of the molecule is CCCCOC/C=C/C/C=C/C(=O)OC. The second kappa shape index (κ2) is 11.0. The van der Waals surface area contributed by atoms with Crippen molar-refractivity contribution in [3.63, 3.8) is 0 Å². The van der Waals surface area contributed by atoms with E-state index >= 15 is 0 Å². The maximum Gasteiger partial charge on any atom is 0.330 e. The number of hydrogen-bond donors (Lipinski definition) is 0. The van der Waals surface area contributed by atoms with Crippen molar-refractivity contribution in [2.45, 2.75) is 26.2 Å². The Morgan fingerprint density at radius 3 is 2.73 bits per heavy atom. The van der Waals surface area contributed by atoms with Crippen molar-refractivity contribution < 1.29 is 14.3 Å². The van der Waals surface area contributed by atoms with Gasteiger partial charge >= 0.3 is 5.97 Å². The lowest BCUT2D eigenvalue weighted by molar-refractivity contribution is -0.134. The standard InChI is InChI=1S/C12H20O3/c1-3-4-10-15-11-8-6-5-7-9-12(13)14-2/h6-9H,3-5,10-11H2,1-2H3/b8-6+,9-7+. The molecule has 0 radical (unpaired) electrons. The molecule has 3 nitrogen and oxygen atoms in total. The fourth-order valence-electron chi connectivity index (χ4n) is 0.873. The molecular weight excluding hydrogens is 192 g/mol. The number of rotatable bonds is 8. The summed E-state index contributed by atoms with van der Waals surface area (Å²) in [4.78, 5) is 10.7. The van der Waals surface area contributed by atoms with E-state index in [1.54, 1.807) is 6.08 Å². The number of hydrogen-bond acceptors (Lipinski definition) is 3. The third kappa shape index (κ3) is 10.8. The van der Waals surface area contributed by atoms with Crippen molar-refractivity contribution in [3.8, 4) is 0 Å². The molecule has 0 fully saturated rings. The highest BCUT2D eigenvalue weighted by molar-refractivity contribution is 5.81. The Bertz CT molecular complexity index is 207. The number of methoxy groups -OCH3 is 1. The molecule has 0 aliphatic heterocycles. The predicted molar refractivity (Wildman–Crippen MR) is 60.6 cm³/mol. The van der Waals surface area contributed by atoms with Crippen LogP contribution in [0.15, 0.2) is 24.3 Å². The van der Waals surface area contributed by atoms with Gasteiger partial charge < -0.3 is 9.47 Å². The molecule has 0 atom stereocenters. The van der Waals surface area contributed by atoms with Crippen LogP contribution in [0, 0.1) is 0 Å². The van der Waals surface area contributed by atoms with Crippen LogP contribution in [0.25, 0.3) is 0 Å². The van der Waals surface area contributed by atoms with E-state index in [2.05, 4.69) is 11.7 Å². The van der Waals surface area contributed by atoms with Gasteiger partial charge in [-0.1, -0.05) is 31.6 Å². The molecule has 0 amide bonds. The Balaban J connectivity index is 3.31. The van der Waals surface area contributed by atoms with Crippen molar-refractivity contribution in [3.05, 3.63) is 24.3 Å². The third-order valence-corrected chi connectivity index (χ3v) is 1.75. The van der Waals surface area contributed by atoms with E-state index in [4.69, 9.17) is 4.74 Å². The molecule has 0 aromatic carbocycles. The summed E-state index contributed by atoms with van der Waals surface area (Å²) < 4.78 is 9.77. The van der Waals surface area contributed by atoms with Gasteiger partial charge in [0.15, 0.2) is 0 Å². The van der Waals surface area contributed by atoms with Gasteiger partial charge in [0.05, 0.1) is 13.7 Å². The second-order valence-corrected chi connectivity index (χ2v) is 3.06. The minimum atomic E-state index is -0.317. The van der Waals surface area contributed by atoms with Crippen molar-refractivity contribution in [2.24, 2.45) is 0 Å². The molecule has 0 aromatic heterocycles. The molecule has 0 heterocycles. The molecule has 0 aliphatic carbocycles. The molecular formula is C12H20O3. The van der Waals surface area contributed by atoms with Crippen LogP contribution in [0.4, 0.5) is 0 Å². The van der Waals surface area contributed by atoms with Gasteiger partial charge in [-0.05, 0) is 12.8 Å². The van der Waals surface area contributed by atoms with Gasteiger partial charge in [0, 0.05) is 12.7 Å². The van der Waals surface area contributed by atoms with Gasteiger partial charge in [-0.2, -0.15) is 0 Å². The van der Waals surface area contributed by atoms with Crippen molar-refractivity contribution >= 4 is 5.97 Å². The lowest BCUT2D eigenvalue weighted by Crippen LogP contribution is -1.93. The lowest BCUT2D eigenvalue weighted by atomic mass is 10.3. The maximum absolute atomic E-state index is 10.7. The Labute approximate surface area is 91.8 Å². The van der Waals surface area contributed by atoms with E-state index in [0.717, 1.165) is 25.9 Å². The van der Waals surface area contributed by atoms with Crippen LogP contribution in [0.5, 0.6) is 0 Å². The van der Waals surface area contributed by atoms with Crippen LogP contribution >= 0.6 is 0 Å². The highest BCUT2D eigenvalue weighted by atomic mass is 16.5. The first-order chi connectivity index (χ1) is 7.31. The summed E-state index contributed by atoms with van der Waals surface area (Å²) in [7, 11) is 1.37. The number of esters is 1. The smallest absolute Gasteiger partial charge is 0.330 e. The number of carbonyl (C=O) groups is 1. The van der Waals surface area contributed by atoms with E-state index in [9.17, 15) is 4.79 Å². The van der Waals surface area contributed by atoms with E-state index in [1.165, 1.54) is 13.2 Å². The molecule has 0 N–H and O–H groups in total. The molecule has 0 aromatic rings. The molecule has 0 unspecified atom stereocenters. The summed E-state index contributed by atoms with van der Waals surface area (Å²) in [5, 5.41) is 0. The first-order valence-corrected chi connectivity index (χ1v) is 5.28. The molecule has 3 heteroatoms. The highest BCUT2D eigenvalue weighted by Gasteiger charge is 1.87. The molecule has 15 heavy (non-hydrogen) atoms. The van der Waals surface area contributed by atoms with Crippen molar-refractivity contribution in [1.82, 2.24) is 0 Å². The van der Waals surface area contributed by atoms with E-state index < -0.39 is 0 Å². The average Bonchev–Trinajstić information content (AvgIpc) is 2.26. The molecule has 0 saturated carbocycles. The van der Waals surface area contributed by atoms with Crippen molar-refractivity contribution in [1.29, 1.82) is 0 Å². The maximum atomic E-state index is 10.7. The van der Waals surface area contributed by atoms with E-state index in [-0.39, 0.29) is 5.97 Å². The van der Waals surface area contributed by atoms with Crippen LogP contribution in [-0.2, 0) is 14.3 Å². The number of allylic oxidation sites excluding steroid dienone is 2. The van der Waals surface area contributed by atoms with Gasteiger partial charge in [0.2, 0.25) is 0 Å². The van der Waals surface area contributed by atoms with Gasteiger partial charge in [-0.3, -0.25) is 0 Å². The van der Waals surface area contributed by atoms with Crippen LogP contribution in [0.2, 0.25) is 0 Å². The van der Waals surface area contributed by atoms with E-state index in [0.29, 0.717) is 6.61 Å². The summed E-state index contributed by atoms with van der Waals surface area (Å²) >= 11 is 0. The molecule has 0 aliphatic rings. The average molecular weight is 212 g/mol. The topological polar surface area (TPSA) is 35.5 Å². The minimum absolute atomic E-state index is 0.317. The fraction of sp³-hybridized carbons (Fsp3) is 0.583. The summed E-state index contributed by atoms with van der Waals surface area (Å²) in [5.41, 5.74) is 0. The van der Waals surface area contributed by atoms with Crippen LogP contribution in [0.1, 0.15) is 26.2 Å². The molecule has 0 saturated heterocycles. The highest BCUT2D eigenvalue weighted by Crippen LogP contribution is 1.90. The van der Waals surface area contributed by atoms with Gasteiger partial charge in [0.1, 0.15) is 0 Å². The fourth-order valence-corrected chi connectivity index (χ4v) is 0.873. The van der Waals surface area contributed by atoms with Crippen LogP contribution in [0.3, 0.4) is 0 Å². The summed E-state index contributed by atoms with van der Waals surface area (Å²) in [6, 6.07) is 0. The lowest BCUT2D eigenvalue weighted by Gasteiger charge is -1.97. The molecule has 86 valence electrons. The van der Waals surface area contributed by atoms with Gasteiger partial charge in [-0.15, -0.1) is 0 Å².